The zero-order chi connectivity index (χ0) is 15.8. The van der Waals surface area contributed by atoms with Gasteiger partial charge >= 0.3 is 0 Å². The lowest BCUT2D eigenvalue weighted by molar-refractivity contribution is 0.565. The minimum absolute atomic E-state index is 0.482. The van der Waals surface area contributed by atoms with E-state index >= 15 is 0 Å². The van der Waals surface area contributed by atoms with E-state index in [0.29, 0.717) is 17.7 Å². The van der Waals surface area contributed by atoms with Gasteiger partial charge in [-0.25, -0.2) is 9.67 Å². The summed E-state index contributed by atoms with van der Waals surface area (Å²) in [5, 5.41) is 12.8. The molecule has 1 aromatic carbocycles. The molecule has 4 rings (SSSR count). The monoisotopic (exact) mass is 327 g/mol. The second-order valence-electron chi connectivity index (χ2n) is 5.89. The lowest BCUT2D eigenvalue weighted by Crippen LogP contribution is -1.98. The lowest BCUT2D eigenvalue weighted by Gasteiger charge is -2.02. The standard InChI is InChI=1S/C16H17N5OS/c1-10-3-6-14(11(2)7-10)15-17-12(8-22-15)9-23-16-18-19-20-21(16)13-4-5-13/h3,6-8,13H,4-5,9H2,1-2H3. The number of rotatable bonds is 5. The lowest BCUT2D eigenvalue weighted by atomic mass is 10.1. The summed E-state index contributed by atoms with van der Waals surface area (Å²) in [5.74, 6) is 1.36. The molecule has 0 atom stereocenters. The molecule has 6 nitrogen and oxygen atoms in total. The zero-order valence-corrected chi connectivity index (χ0v) is 13.9. The molecule has 2 heterocycles. The molecule has 0 unspecified atom stereocenters. The fourth-order valence-electron chi connectivity index (χ4n) is 2.52. The number of thioether (sulfide) groups is 1. The second kappa shape index (κ2) is 5.81. The first-order valence-corrected chi connectivity index (χ1v) is 8.62. The summed E-state index contributed by atoms with van der Waals surface area (Å²) in [6.07, 6.45) is 4.05. The number of aryl methyl sites for hydroxylation is 2. The second-order valence-corrected chi connectivity index (χ2v) is 6.83. The van der Waals surface area contributed by atoms with E-state index in [0.717, 1.165) is 16.4 Å². The molecule has 1 fully saturated rings. The van der Waals surface area contributed by atoms with Crippen molar-refractivity contribution in [3.05, 3.63) is 41.3 Å². The SMILES string of the molecule is Cc1ccc(-c2nc(CSc3nnnn3C3CC3)co2)c(C)c1. The molecule has 0 bridgehead atoms. The van der Waals surface area contributed by atoms with Gasteiger partial charge in [0.1, 0.15) is 6.26 Å². The number of benzene rings is 1. The van der Waals surface area contributed by atoms with Crippen LogP contribution in [-0.2, 0) is 5.75 Å². The molecule has 0 spiro atoms. The van der Waals surface area contributed by atoms with Crippen LogP contribution in [0.2, 0.25) is 0 Å². The van der Waals surface area contributed by atoms with Crippen molar-refractivity contribution in [3.8, 4) is 11.5 Å². The number of tetrazole rings is 1. The van der Waals surface area contributed by atoms with Gasteiger partial charge in [0, 0.05) is 11.3 Å². The predicted octanol–water partition coefficient (Wildman–Crippen LogP) is 3.57. The Hall–Kier alpha value is -2.15. The van der Waals surface area contributed by atoms with Crippen molar-refractivity contribution in [3.63, 3.8) is 0 Å². The van der Waals surface area contributed by atoms with E-state index in [1.807, 2.05) is 4.68 Å². The van der Waals surface area contributed by atoms with E-state index in [-0.39, 0.29) is 0 Å². The predicted molar refractivity (Wildman–Crippen MR) is 87.1 cm³/mol. The van der Waals surface area contributed by atoms with Gasteiger partial charge in [-0.15, -0.1) is 5.10 Å². The summed E-state index contributed by atoms with van der Waals surface area (Å²) in [7, 11) is 0. The van der Waals surface area contributed by atoms with Crippen LogP contribution in [0, 0.1) is 13.8 Å². The molecule has 2 aromatic heterocycles. The maximum atomic E-state index is 5.65. The average Bonchev–Trinajstić information content (AvgIpc) is 3.08. The van der Waals surface area contributed by atoms with Crippen LogP contribution in [-0.4, -0.2) is 25.2 Å². The van der Waals surface area contributed by atoms with Crippen LogP contribution >= 0.6 is 11.8 Å². The smallest absolute Gasteiger partial charge is 0.226 e. The molecule has 0 amide bonds. The Balaban J connectivity index is 1.48. The minimum atomic E-state index is 0.482. The van der Waals surface area contributed by atoms with Crippen molar-refractivity contribution < 1.29 is 4.42 Å². The quantitative estimate of drug-likeness (QED) is 0.667. The Labute approximate surface area is 138 Å². The first-order valence-electron chi connectivity index (χ1n) is 7.63. The minimum Gasteiger partial charge on any atom is -0.444 e. The molecule has 0 N–H and O–H groups in total. The molecule has 7 heteroatoms. The van der Waals surface area contributed by atoms with E-state index < -0.39 is 0 Å². The summed E-state index contributed by atoms with van der Waals surface area (Å²) >= 11 is 1.59. The van der Waals surface area contributed by atoms with E-state index in [1.54, 1.807) is 18.0 Å². The van der Waals surface area contributed by atoms with Crippen LogP contribution in [0.25, 0.3) is 11.5 Å². The third-order valence-corrected chi connectivity index (χ3v) is 4.84. The Bertz CT molecular complexity index is 837. The van der Waals surface area contributed by atoms with Crippen molar-refractivity contribution in [2.75, 3.05) is 0 Å². The molecule has 23 heavy (non-hydrogen) atoms. The molecule has 118 valence electrons. The summed E-state index contributed by atoms with van der Waals surface area (Å²) in [5.41, 5.74) is 4.34. The third kappa shape index (κ3) is 3.01. The van der Waals surface area contributed by atoms with Crippen molar-refractivity contribution in [2.45, 2.75) is 43.6 Å². The number of hydrogen-bond acceptors (Lipinski definition) is 6. The van der Waals surface area contributed by atoms with Crippen LogP contribution < -0.4 is 0 Å². The Kier molecular flexibility index (Phi) is 3.65. The number of hydrogen-bond donors (Lipinski definition) is 0. The van der Waals surface area contributed by atoms with Gasteiger partial charge < -0.3 is 4.42 Å². The molecular formula is C16H17N5OS. The number of nitrogens with zero attached hydrogens (tertiary/aromatic N) is 5. The maximum absolute atomic E-state index is 5.65. The number of aromatic nitrogens is 5. The molecule has 1 saturated carbocycles. The van der Waals surface area contributed by atoms with E-state index in [4.69, 9.17) is 4.42 Å². The van der Waals surface area contributed by atoms with E-state index in [9.17, 15) is 0 Å². The van der Waals surface area contributed by atoms with Crippen LogP contribution in [0.15, 0.2) is 34.0 Å². The van der Waals surface area contributed by atoms with Crippen LogP contribution in [0.3, 0.4) is 0 Å². The first kappa shape index (κ1) is 14.4. The zero-order valence-electron chi connectivity index (χ0n) is 13.1. The normalized spacial score (nSPS) is 14.3. The van der Waals surface area contributed by atoms with Gasteiger partial charge in [-0.1, -0.05) is 29.5 Å². The largest absolute Gasteiger partial charge is 0.444 e. The van der Waals surface area contributed by atoms with Crippen LogP contribution in [0.1, 0.15) is 35.7 Å². The Morgan fingerprint density at radius 2 is 2.17 bits per heavy atom. The molecule has 0 aliphatic heterocycles. The third-order valence-electron chi connectivity index (χ3n) is 3.87. The fraction of sp³-hybridized carbons (Fsp3) is 0.375. The highest BCUT2D eigenvalue weighted by Crippen LogP contribution is 2.37. The van der Waals surface area contributed by atoms with Crippen LogP contribution in [0.4, 0.5) is 0 Å². The van der Waals surface area contributed by atoms with Crippen molar-refractivity contribution in [1.82, 2.24) is 25.2 Å². The first-order chi connectivity index (χ1) is 11.2. The molecular weight excluding hydrogens is 310 g/mol. The van der Waals surface area contributed by atoms with Gasteiger partial charge in [0.2, 0.25) is 11.0 Å². The summed E-state index contributed by atoms with van der Waals surface area (Å²) in [6, 6.07) is 6.75. The topological polar surface area (TPSA) is 69.6 Å². The highest BCUT2D eigenvalue weighted by molar-refractivity contribution is 7.98. The van der Waals surface area contributed by atoms with Crippen molar-refractivity contribution in [1.29, 1.82) is 0 Å². The van der Waals surface area contributed by atoms with Gasteiger partial charge in [-0.2, -0.15) is 0 Å². The van der Waals surface area contributed by atoms with Crippen molar-refractivity contribution in [2.24, 2.45) is 0 Å². The van der Waals surface area contributed by atoms with Gasteiger partial charge in [0.25, 0.3) is 0 Å². The Morgan fingerprint density at radius 1 is 1.30 bits per heavy atom. The number of oxazole rings is 1. The van der Waals surface area contributed by atoms with Gasteiger partial charge in [-0.05, 0) is 48.7 Å². The van der Waals surface area contributed by atoms with Gasteiger partial charge in [-0.3, -0.25) is 0 Å². The van der Waals surface area contributed by atoms with Gasteiger partial charge in [0.05, 0.1) is 11.7 Å². The van der Waals surface area contributed by atoms with E-state index in [2.05, 4.69) is 52.6 Å². The highest BCUT2D eigenvalue weighted by Gasteiger charge is 2.28. The average molecular weight is 327 g/mol. The summed E-state index contributed by atoms with van der Waals surface area (Å²) < 4.78 is 7.56. The maximum Gasteiger partial charge on any atom is 0.226 e. The molecule has 1 aliphatic carbocycles. The van der Waals surface area contributed by atoms with Crippen LogP contribution in [0.5, 0.6) is 0 Å². The Morgan fingerprint density at radius 3 is 2.96 bits per heavy atom. The highest BCUT2D eigenvalue weighted by atomic mass is 32.2. The van der Waals surface area contributed by atoms with Gasteiger partial charge in [0.15, 0.2) is 0 Å². The summed E-state index contributed by atoms with van der Waals surface area (Å²) in [6.45, 7) is 4.16. The molecule has 1 aliphatic rings. The molecule has 0 radical (unpaired) electrons. The molecule has 0 saturated heterocycles. The summed E-state index contributed by atoms with van der Waals surface area (Å²) in [4.78, 5) is 4.60. The van der Waals surface area contributed by atoms with Crippen molar-refractivity contribution >= 4 is 11.8 Å². The molecule has 3 aromatic rings. The fourth-order valence-corrected chi connectivity index (χ4v) is 3.34. The van der Waals surface area contributed by atoms with E-state index in [1.165, 1.54) is 24.0 Å².